The molecule has 0 aliphatic carbocycles. The van der Waals surface area contributed by atoms with Crippen molar-refractivity contribution in [1.82, 2.24) is 10.3 Å². The summed E-state index contributed by atoms with van der Waals surface area (Å²) in [4.78, 5) is 3.99. The van der Waals surface area contributed by atoms with Crippen molar-refractivity contribution in [3.8, 4) is 0 Å². The fraction of sp³-hybridized carbons (Fsp3) is 0.500. The molecule has 4 nitrogen and oxygen atoms in total. The van der Waals surface area contributed by atoms with Crippen LogP contribution in [-0.2, 0) is 0 Å². The summed E-state index contributed by atoms with van der Waals surface area (Å²) < 4.78 is 0.711. The average molecular weight is 275 g/mol. The fourth-order valence-corrected chi connectivity index (χ4v) is 1.47. The SMILES string of the molecule is CNCCC(O)C(O)c1ccc(Br)nc1. The van der Waals surface area contributed by atoms with Gasteiger partial charge >= 0.3 is 0 Å². The molecule has 0 radical (unpaired) electrons. The summed E-state index contributed by atoms with van der Waals surface area (Å²) in [6.07, 6.45) is 0.421. The molecule has 0 saturated heterocycles. The highest BCUT2D eigenvalue weighted by molar-refractivity contribution is 9.10. The standard InChI is InChI=1S/C10H15BrN2O2/c1-12-5-4-8(14)10(15)7-2-3-9(11)13-6-7/h2-3,6,8,10,12,14-15H,4-5H2,1H3. The van der Waals surface area contributed by atoms with Crippen LogP contribution < -0.4 is 5.32 Å². The second kappa shape index (κ2) is 6.17. The quantitative estimate of drug-likeness (QED) is 0.697. The van der Waals surface area contributed by atoms with Gasteiger partial charge in [0, 0.05) is 11.8 Å². The molecule has 0 aliphatic heterocycles. The summed E-state index contributed by atoms with van der Waals surface area (Å²) in [5.41, 5.74) is 0.627. The van der Waals surface area contributed by atoms with E-state index in [1.54, 1.807) is 25.4 Å². The first kappa shape index (κ1) is 12.6. The number of nitrogens with zero attached hydrogens (tertiary/aromatic N) is 1. The van der Waals surface area contributed by atoms with Crippen LogP contribution in [0.15, 0.2) is 22.9 Å². The Morgan fingerprint density at radius 3 is 2.73 bits per heavy atom. The highest BCUT2D eigenvalue weighted by Crippen LogP contribution is 2.19. The number of aromatic nitrogens is 1. The summed E-state index contributed by atoms with van der Waals surface area (Å²) in [6.45, 7) is 0.669. The normalized spacial score (nSPS) is 14.9. The van der Waals surface area contributed by atoms with Crippen molar-refractivity contribution in [2.45, 2.75) is 18.6 Å². The molecule has 1 aromatic heterocycles. The summed E-state index contributed by atoms with van der Waals surface area (Å²) in [7, 11) is 1.81. The van der Waals surface area contributed by atoms with Gasteiger partial charge in [-0.25, -0.2) is 4.98 Å². The van der Waals surface area contributed by atoms with Gasteiger partial charge < -0.3 is 15.5 Å². The Labute approximate surface area is 97.5 Å². The molecule has 3 N–H and O–H groups in total. The van der Waals surface area contributed by atoms with Crippen LogP contribution in [0.4, 0.5) is 0 Å². The molecule has 1 aromatic rings. The van der Waals surface area contributed by atoms with E-state index in [1.165, 1.54) is 0 Å². The van der Waals surface area contributed by atoms with E-state index in [2.05, 4.69) is 26.2 Å². The number of aliphatic hydroxyl groups excluding tert-OH is 2. The van der Waals surface area contributed by atoms with Crippen LogP contribution in [0.2, 0.25) is 0 Å². The van der Waals surface area contributed by atoms with Crippen molar-refractivity contribution in [1.29, 1.82) is 0 Å². The van der Waals surface area contributed by atoms with Crippen molar-refractivity contribution >= 4 is 15.9 Å². The van der Waals surface area contributed by atoms with E-state index in [0.29, 0.717) is 23.1 Å². The molecule has 0 aliphatic rings. The molecular weight excluding hydrogens is 260 g/mol. The molecule has 0 amide bonds. The van der Waals surface area contributed by atoms with Gasteiger partial charge in [0.1, 0.15) is 10.7 Å². The molecule has 0 aromatic carbocycles. The molecule has 0 spiro atoms. The number of aliphatic hydroxyl groups is 2. The molecule has 84 valence electrons. The largest absolute Gasteiger partial charge is 0.390 e. The van der Waals surface area contributed by atoms with Gasteiger partial charge in [0.2, 0.25) is 0 Å². The minimum absolute atomic E-state index is 0.508. The third-order valence-corrected chi connectivity index (χ3v) is 2.62. The maximum atomic E-state index is 9.77. The minimum Gasteiger partial charge on any atom is -0.390 e. The zero-order chi connectivity index (χ0) is 11.3. The first-order chi connectivity index (χ1) is 7.15. The minimum atomic E-state index is -0.876. The van der Waals surface area contributed by atoms with Gasteiger partial charge in [-0.05, 0) is 42.0 Å². The predicted octanol–water partition coefficient (Wildman–Crippen LogP) is 0.848. The molecule has 0 fully saturated rings. The van der Waals surface area contributed by atoms with Crippen LogP contribution in [0.25, 0.3) is 0 Å². The Morgan fingerprint density at radius 2 is 2.20 bits per heavy atom. The maximum Gasteiger partial charge on any atom is 0.106 e. The molecule has 5 heteroatoms. The van der Waals surface area contributed by atoms with Crippen molar-refractivity contribution < 1.29 is 10.2 Å². The maximum absolute atomic E-state index is 9.77. The number of hydrogen-bond donors (Lipinski definition) is 3. The lowest BCUT2D eigenvalue weighted by Gasteiger charge is -2.17. The number of rotatable bonds is 5. The first-order valence-corrected chi connectivity index (χ1v) is 5.56. The summed E-state index contributed by atoms with van der Waals surface area (Å²) in [5, 5.41) is 22.3. The molecule has 2 unspecified atom stereocenters. The Kier molecular flexibility index (Phi) is 5.17. The third kappa shape index (κ3) is 3.87. The van der Waals surface area contributed by atoms with Gasteiger partial charge in [0.15, 0.2) is 0 Å². The Morgan fingerprint density at radius 1 is 1.47 bits per heavy atom. The summed E-state index contributed by atoms with van der Waals surface area (Å²) >= 11 is 3.21. The van der Waals surface area contributed by atoms with Gasteiger partial charge in [-0.2, -0.15) is 0 Å². The predicted molar refractivity (Wildman–Crippen MR) is 61.4 cm³/mol. The third-order valence-electron chi connectivity index (χ3n) is 2.15. The van der Waals surface area contributed by atoms with E-state index in [1.807, 2.05) is 0 Å². The fourth-order valence-electron chi connectivity index (χ4n) is 1.23. The lowest BCUT2D eigenvalue weighted by Crippen LogP contribution is -2.23. The zero-order valence-corrected chi connectivity index (χ0v) is 10.1. The van der Waals surface area contributed by atoms with E-state index >= 15 is 0 Å². The van der Waals surface area contributed by atoms with Gasteiger partial charge in [-0.1, -0.05) is 6.07 Å². The van der Waals surface area contributed by atoms with Crippen LogP contribution >= 0.6 is 15.9 Å². The monoisotopic (exact) mass is 274 g/mol. The highest BCUT2D eigenvalue weighted by Gasteiger charge is 2.17. The number of hydrogen-bond acceptors (Lipinski definition) is 4. The van der Waals surface area contributed by atoms with Gasteiger partial charge in [-0.3, -0.25) is 0 Å². The van der Waals surface area contributed by atoms with Crippen molar-refractivity contribution in [2.75, 3.05) is 13.6 Å². The molecule has 2 atom stereocenters. The van der Waals surface area contributed by atoms with Crippen molar-refractivity contribution in [2.24, 2.45) is 0 Å². The second-order valence-electron chi connectivity index (χ2n) is 3.32. The van der Waals surface area contributed by atoms with E-state index in [4.69, 9.17) is 0 Å². The van der Waals surface area contributed by atoms with Gasteiger partial charge in [-0.15, -0.1) is 0 Å². The van der Waals surface area contributed by atoms with Crippen LogP contribution in [0.3, 0.4) is 0 Å². The van der Waals surface area contributed by atoms with Gasteiger partial charge in [0.25, 0.3) is 0 Å². The number of nitrogens with one attached hydrogen (secondary N) is 1. The van der Waals surface area contributed by atoms with Crippen LogP contribution in [0.5, 0.6) is 0 Å². The van der Waals surface area contributed by atoms with E-state index < -0.39 is 12.2 Å². The average Bonchev–Trinajstić information content (AvgIpc) is 2.26. The molecule has 0 saturated carbocycles. The van der Waals surface area contributed by atoms with Crippen LogP contribution in [0.1, 0.15) is 18.1 Å². The molecule has 0 bridgehead atoms. The number of halogens is 1. The molecular formula is C10H15BrN2O2. The summed E-state index contributed by atoms with van der Waals surface area (Å²) in [6, 6.07) is 3.48. The lowest BCUT2D eigenvalue weighted by molar-refractivity contribution is 0.0138. The van der Waals surface area contributed by atoms with Gasteiger partial charge in [0.05, 0.1) is 6.10 Å². The number of pyridine rings is 1. The molecule has 1 heterocycles. The van der Waals surface area contributed by atoms with Crippen molar-refractivity contribution in [3.05, 3.63) is 28.5 Å². The van der Waals surface area contributed by atoms with Crippen LogP contribution in [-0.4, -0.2) is 34.9 Å². The van der Waals surface area contributed by atoms with E-state index in [9.17, 15) is 10.2 Å². The lowest BCUT2D eigenvalue weighted by atomic mass is 10.0. The topological polar surface area (TPSA) is 65.4 Å². The van der Waals surface area contributed by atoms with E-state index in [0.717, 1.165) is 0 Å². The summed E-state index contributed by atoms with van der Waals surface area (Å²) in [5.74, 6) is 0. The molecule has 1 rings (SSSR count). The zero-order valence-electron chi connectivity index (χ0n) is 8.52. The smallest absolute Gasteiger partial charge is 0.106 e. The molecule has 15 heavy (non-hydrogen) atoms. The van der Waals surface area contributed by atoms with E-state index in [-0.39, 0.29) is 0 Å². The Bertz CT molecular complexity index is 292. The Hall–Kier alpha value is -0.490. The Balaban J connectivity index is 2.59. The van der Waals surface area contributed by atoms with Crippen molar-refractivity contribution in [3.63, 3.8) is 0 Å². The second-order valence-corrected chi connectivity index (χ2v) is 4.13. The van der Waals surface area contributed by atoms with Crippen LogP contribution in [0, 0.1) is 0 Å². The highest BCUT2D eigenvalue weighted by atomic mass is 79.9. The first-order valence-electron chi connectivity index (χ1n) is 4.77.